The summed E-state index contributed by atoms with van der Waals surface area (Å²) >= 11 is 0. The molecule has 1 saturated heterocycles. The van der Waals surface area contributed by atoms with Crippen molar-refractivity contribution in [3.05, 3.63) is 59.7 Å². The average molecular weight is 410 g/mol. The number of piperidine rings is 1. The van der Waals surface area contributed by atoms with Gasteiger partial charge in [0.05, 0.1) is 20.8 Å². The van der Waals surface area contributed by atoms with Crippen LogP contribution in [0.25, 0.3) is 0 Å². The summed E-state index contributed by atoms with van der Waals surface area (Å²) in [5.74, 6) is 0.804. The lowest BCUT2D eigenvalue weighted by Gasteiger charge is -2.31. The summed E-state index contributed by atoms with van der Waals surface area (Å²) in [4.78, 5) is 39.1. The van der Waals surface area contributed by atoms with Gasteiger partial charge >= 0.3 is 0 Å². The number of hydrogen-bond acceptors (Lipinski definition) is 5. The topological polar surface area (TPSA) is 84.9 Å². The van der Waals surface area contributed by atoms with Crippen molar-refractivity contribution in [1.29, 1.82) is 0 Å². The second-order valence-electron chi connectivity index (χ2n) is 7.16. The highest BCUT2D eigenvalue weighted by molar-refractivity contribution is 5.98. The number of likely N-dealkylation sites (tertiary alicyclic amines) is 1. The number of amides is 2. The molecule has 0 unspecified atom stereocenters. The third-order valence-electron chi connectivity index (χ3n) is 5.33. The SMILES string of the molecule is COc1ccc(C(=O)C2CCN(C(=O)CNC(=O)c3cccc(OC)c3)CC2)cc1. The van der Waals surface area contributed by atoms with Crippen LogP contribution in [0.3, 0.4) is 0 Å². The van der Waals surface area contributed by atoms with Crippen molar-refractivity contribution in [1.82, 2.24) is 10.2 Å². The van der Waals surface area contributed by atoms with Crippen LogP contribution in [0.1, 0.15) is 33.6 Å². The Labute approximate surface area is 176 Å². The maximum atomic E-state index is 12.7. The van der Waals surface area contributed by atoms with E-state index in [2.05, 4.69) is 5.32 Å². The zero-order valence-electron chi connectivity index (χ0n) is 17.2. The van der Waals surface area contributed by atoms with Gasteiger partial charge in [0.1, 0.15) is 11.5 Å². The van der Waals surface area contributed by atoms with Crippen molar-refractivity contribution in [2.45, 2.75) is 12.8 Å². The molecule has 1 heterocycles. The van der Waals surface area contributed by atoms with Gasteiger partial charge in [0.2, 0.25) is 5.91 Å². The summed E-state index contributed by atoms with van der Waals surface area (Å²) in [6, 6.07) is 13.8. The average Bonchev–Trinajstić information content (AvgIpc) is 2.82. The molecule has 1 N–H and O–H groups in total. The molecule has 7 heteroatoms. The minimum Gasteiger partial charge on any atom is -0.497 e. The zero-order valence-corrected chi connectivity index (χ0v) is 17.2. The van der Waals surface area contributed by atoms with Gasteiger partial charge in [-0.1, -0.05) is 6.07 Å². The minimum absolute atomic E-state index is 0.0763. The second kappa shape index (κ2) is 9.91. The van der Waals surface area contributed by atoms with Crippen LogP contribution in [-0.4, -0.2) is 56.4 Å². The van der Waals surface area contributed by atoms with Gasteiger partial charge in [0.15, 0.2) is 5.78 Å². The number of methoxy groups -OCH3 is 2. The van der Waals surface area contributed by atoms with Crippen molar-refractivity contribution in [2.24, 2.45) is 5.92 Å². The van der Waals surface area contributed by atoms with Crippen LogP contribution in [0.2, 0.25) is 0 Å². The van der Waals surface area contributed by atoms with Crippen LogP contribution in [0, 0.1) is 5.92 Å². The smallest absolute Gasteiger partial charge is 0.251 e. The molecule has 2 aromatic carbocycles. The fraction of sp³-hybridized carbons (Fsp3) is 0.348. The molecule has 2 aromatic rings. The summed E-state index contributed by atoms with van der Waals surface area (Å²) in [5.41, 5.74) is 1.09. The van der Waals surface area contributed by atoms with Crippen molar-refractivity contribution < 1.29 is 23.9 Å². The van der Waals surface area contributed by atoms with Gasteiger partial charge in [-0.25, -0.2) is 0 Å². The first-order chi connectivity index (χ1) is 14.5. The van der Waals surface area contributed by atoms with Gasteiger partial charge in [-0.3, -0.25) is 14.4 Å². The van der Waals surface area contributed by atoms with E-state index in [4.69, 9.17) is 9.47 Å². The van der Waals surface area contributed by atoms with E-state index in [1.165, 1.54) is 7.11 Å². The molecule has 0 spiro atoms. The largest absolute Gasteiger partial charge is 0.497 e. The predicted molar refractivity (Wildman–Crippen MR) is 112 cm³/mol. The van der Waals surface area contributed by atoms with E-state index in [1.54, 1.807) is 60.5 Å². The molecule has 2 amide bonds. The Bertz CT molecular complexity index is 902. The summed E-state index contributed by atoms with van der Waals surface area (Å²) in [6.07, 6.45) is 1.22. The van der Waals surface area contributed by atoms with Crippen molar-refractivity contribution in [2.75, 3.05) is 33.9 Å². The Kier molecular flexibility index (Phi) is 7.06. The van der Waals surface area contributed by atoms with E-state index in [0.29, 0.717) is 48.6 Å². The molecule has 1 fully saturated rings. The summed E-state index contributed by atoms with van der Waals surface area (Å²) < 4.78 is 10.2. The second-order valence-corrected chi connectivity index (χ2v) is 7.16. The maximum absolute atomic E-state index is 12.7. The van der Waals surface area contributed by atoms with Crippen LogP contribution in [0.5, 0.6) is 11.5 Å². The Morgan fingerprint density at radius 3 is 2.23 bits per heavy atom. The Morgan fingerprint density at radius 1 is 0.933 bits per heavy atom. The third-order valence-corrected chi connectivity index (χ3v) is 5.33. The number of carbonyl (C=O) groups excluding carboxylic acids is 3. The Balaban J connectivity index is 1.47. The highest BCUT2D eigenvalue weighted by atomic mass is 16.5. The molecule has 0 atom stereocenters. The molecule has 3 rings (SSSR count). The fourth-order valence-electron chi connectivity index (χ4n) is 3.52. The normalized spacial score (nSPS) is 14.1. The molecule has 158 valence electrons. The molecular weight excluding hydrogens is 384 g/mol. The molecule has 30 heavy (non-hydrogen) atoms. The summed E-state index contributed by atoms with van der Waals surface area (Å²) in [5, 5.41) is 2.65. The third kappa shape index (κ3) is 5.17. The van der Waals surface area contributed by atoms with Crippen molar-refractivity contribution in [3.8, 4) is 11.5 Å². The number of hydrogen-bond donors (Lipinski definition) is 1. The van der Waals surface area contributed by atoms with Gasteiger partial charge in [0.25, 0.3) is 5.91 Å². The van der Waals surface area contributed by atoms with Gasteiger partial charge in [-0.2, -0.15) is 0 Å². The minimum atomic E-state index is -0.327. The van der Waals surface area contributed by atoms with Gasteiger partial charge < -0.3 is 19.7 Å². The molecule has 0 aromatic heterocycles. The first-order valence-electron chi connectivity index (χ1n) is 9.90. The van der Waals surface area contributed by atoms with Crippen LogP contribution >= 0.6 is 0 Å². The summed E-state index contributed by atoms with van der Waals surface area (Å²) in [6.45, 7) is 0.925. The van der Waals surface area contributed by atoms with E-state index in [0.717, 1.165) is 0 Å². The van der Waals surface area contributed by atoms with Crippen molar-refractivity contribution in [3.63, 3.8) is 0 Å². The Hall–Kier alpha value is -3.35. The summed E-state index contributed by atoms with van der Waals surface area (Å²) in [7, 11) is 3.12. The number of benzene rings is 2. The maximum Gasteiger partial charge on any atom is 0.251 e. The van der Waals surface area contributed by atoms with Crippen LogP contribution < -0.4 is 14.8 Å². The Morgan fingerprint density at radius 2 is 1.60 bits per heavy atom. The molecule has 0 bridgehead atoms. The molecule has 7 nitrogen and oxygen atoms in total. The van der Waals surface area contributed by atoms with E-state index in [1.807, 2.05) is 0 Å². The molecule has 1 aliphatic heterocycles. The predicted octanol–water partition coefficient (Wildman–Crippen LogP) is 2.56. The molecule has 1 aliphatic rings. The van der Waals surface area contributed by atoms with Gasteiger partial charge in [0, 0.05) is 30.1 Å². The first kappa shape index (κ1) is 21.4. The molecule has 0 saturated carbocycles. The van der Waals surface area contributed by atoms with Crippen molar-refractivity contribution >= 4 is 17.6 Å². The number of carbonyl (C=O) groups is 3. The molecule has 0 aliphatic carbocycles. The van der Waals surface area contributed by atoms with E-state index < -0.39 is 0 Å². The van der Waals surface area contributed by atoms with Gasteiger partial charge in [-0.15, -0.1) is 0 Å². The van der Waals surface area contributed by atoms with E-state index in [-0.39, 0.29) is 30.1 Å². The quantitative estimate of drug-likeness (QED) is 0.709. The number of Topliss-reactive ketones (excluding diaryl/α,β-unsaturated/α-hetero) is 1. The molecule has 0 radical (unpaired) electrons. The zero-order chi connectivity index (χ0) is 21.5. The van der Waals surface area contributed by atoms with E-state index >= 15 is 0 Å². The lowest BCUT2D eigenvalue weighted by Crippen LogP contribution is -2.45. The van der Waals surface area contributed by atoms with Crippen LogP contribution in [-0.2, 0) is 4.79 Å². The highest BCUT2D eigenvalue weighted by Gasteiger charge is 2.28. The van der Waals surface area contributed by atoms with Crippen LogP contribution in [0.15, 0.2) is 48.5 Å². The lowest BCUT2D eigenvalue weighted by molar-refractivity contribution is -0.131. The number of ether oxygens (including phenoxy) is 2. The highest BCUT2D eigenvalue weighted by Crippen LogP contribution is 2.23. The number of ketones is 1. The van der Waals surface area contributed by atoms with Gasteiger partial charge in [-0.05, 0) is 55.3 Å². The lowest BCUT2D eigenvalue weighted by atomic mass is 9.89. The monoisotopic (exact) mass is 410 g/mol. The number of nitrogens with zero attached hydrogens (tertiary/aromatic N) is 1. The fourth-order valence-corrected chi connectivity index (χ4v) is 3.52. The molecular formula is C23H26N2O5. The number of nitrogens with one attached hydrogen (secondary N) is 1. The standard InChI is InChI=1S/C23H26N2O5/c1-29-19-8-6-16(7-9-19)22(27)17-10-12-25(13-11-17)21(26)15-24-23(28)18-4-3-5-20(14-18)30-2/h3-9,14,17H,10-13,15H2,1-2H3,(H,24,28). The van der Waals surface area contributed by atoms with E-state index in [9.17, 15) is 14.4 Å². The van der Waals surface area contributed by atoms with Crippen LogP contribution in [0.4, 0.5) is 0 Å². The number of rotatable bonds is 7. The first-order valence-corrected chi connectivity index (χ1v) is 9.90.